The number of alkyl carbamates (subject to hydrolysis) is 1. The highest BCUT2D eigenvalue weighted by molar-refractivity contribution is 5.81. The molecule has 1 aromatic heterocycles. The Morgan fingerprint density at radius 3 is 2.53 bits per heavy atom. The molecule has 2 amide bonds. The number of nitrogens with zero attached hydrogens (tertiary/aromatic N) is 4. The Hall–Kier alpha value is -4.49. The molecule has 1 heterocycles. The predicted octanol–water partition coefficient (Wildman–Crippen LogP) is 1.69. The van der Waals surface area contributed by atoms with Crippen molar-refractivity contribution in [2.24, 2.45) is 0 Å². The Labute approximate surface area is 205 Å². The summed E-state index contributed by atoms with van der Waals surface area (Å²) in [6.07, 6.45) is 0.547. The van der Waals surface area contributed by atoms with E-state index in [2.05, 4.69) is 10.3 Å². The lowest BCUT2D eigenvalue weighted by Crippen LogP contribution is -2.44. The van der Waals surface area contributed by atoms with Crippen molar-refractivity contribution in [3.05, 3.63) is 56.6 Å². The Morgan fingerprint density at radius 2 is 1.92 bits per heavy atom. The number of aromatic nitrogens is 2. The molecule has 36 heavy (non-hydrogen) atoms. The first-order valence-corrected chi connectivity index (χ1v) is 10.7. The molecule has 194 valence electrons. The first-order chi connectivity index (χ1) is 16.8. The van der Waals surface area contributed by atoms with Crippen LogP contribution < -0.4 is 15.7 Å². The SMILES string of the molecule is Cc1cn(CC(=O)N(CCNC(=O)OC(C)(C)C)CC(=O)O)c(=O)nc1Oc1ccccc1[N+](=O)[O-]. The van der Waals surface area contributed by atoms with Crippen molar-refractivity contribution in [1.29, 1.82) is 0 Å². The van der Waals surface area contributed by atoms with E-state index in [4.69, 9.17) is 14.6 Å². The first-order valence-electron chi connectivity index (χ1n) is 10.7. The number of aliphatic carboxylic acids is 1. The highest BCUT2D eigenvalue weighted by Gasteiger charge is 2.21. The molecule has 14 heteroatoms. The summed E-state index contributed by atoms with van der Waals surface area (Å²) in [7, 11) is 0. The van der Waals surface area contributed by atoms with Crippen molar-refractivity contribution in [1.82, 2.24) is 19.8 Å². The molecule has 0 atom stereocenters. The number of para-hydroxylation sites is 2. The maximum absolute atomic E-state index is 12.7. The molecule has 0 aliphatic carbocycles. The molecule has 2 rings (SSSR count). The number of carbonyl (C=O) groups excluding carboxylic acids is 2. The van der Waals surface area contributed by atoms with Crippen molar-refractivity contribution in [3.8, 4) is 11.6 Å². The summed E-state index contributed by atoms with van der Waals surface area (Å²) in [5, 5.41) is 22.8. The van der Waals surface area contributed by atoms with Gasteiger partial charge in [-0.25, -0.2) is 9.59 Å². The van der Waals surface area contributed by atoms with E-state index in [0.717, 1.165) is 9.47 Å². The zero-order valence-corrected chi connectivity index (χ0v) is 20.2. The minimum Gasteiger partial charge on any atom is -0.480 e. The molecule has 2 N–H and O–H groups in total. The molecule has 0 aliphatic heterocycles. The maximum atomic E-state index is 12.7. The van der Waals surface area contributed by atoms with Gasteiger partial charge in [0.05, 0.1) is 4.92 Å². The summed E-state index contributed by atoms with van der Waals surface area (Å²) in [6.45, 7) is 5.14. The summed E-state index contributed by atoms with van der Waals surface area (Å²) < 4.78 is 11.5. The molecule has 0 spiro atoms. The standard InChI is InChI=1S/C22H27N5O9/c1-14-11-26(20(31)24-19(14)35-16-8-6-5-7-15(16)27(33)34)12-17(28)25(13-18(29)30)10-9-23-21(32)36-22(2,3)4/h5-8,11H,9-10,12-13H2,1-4H3,(H,23,32)(H,29,30). The average Bonchev–Trinajstić information content (AvgIpc) is 2.75. The topological polar surface area (TPSA) is 183 Å². The van der Waals surface area contributed by atoms with E-state index in [-0.39, 0.29) is 30.4 Å². The number of carboxylic acid groups (broad SMARTS) is 1. The van der Waals surface area contributed by atoms with E-state index >= 15 is 0 Å². The van der Waals surface area contributed by atoms with Gasteiger partial charge in [0.15, 0.2) is 0 Å². The third-order valence-electron chi connectivity index (χ3n) is 4.43. The van der Waals surface area contributed by atoms with Crippen molar-refractivity contribution in [2.75, 3.05) is 19.6 Å². The molecule has 0 bridgehead atoms. The lowest BCUT2D eigenvalue weighted by molar-refractivity contribution is -0.385. The molecule has 0 radical (unpaired) electrons. The zero-order valence-electron chi connectivity index (χ0n) is 20.2. The van der Waals surface area contributed by atoms with E-state index in [0.29, 0.717) is 5.56 Å². The van der Waals surface area contributed by atoms with Crippen molar-refractivity contribution in [2.45, 2.75) is 39.8 Å². The van der Waals surface area contributed by atoms with E-state index in [1.165, 1.54) is 37.4 Å². The maximum Gasteiger partial charge on any atom is 0.407 e. The van der Waals surface area contributed by atoms with Gasteiger partial charge in [-0.05, 0) is 33.8 Å². The number of hydrogen-bond donors (Lipinski definition) is 2. The molecule has 0 fully saturated rings. The van der Waals surface area contributed by atoms with Crippen LogP contribution >= 0.6 is 0 Å². The molecule has 14 nitrogen and oxygen atoms in total. The number of carboxylic acids is 1. The van der Waals surface area contributed by atoms with Gasteiger partial charge >= 0.3 is 23.4 Å². The lowest BCUT2D eigenvalue weighted by Gasteiger charge is -2.23. The Bertz CT molecular complexity index is 1200. The molecule has 0 saturated carbocycles. The third kappa shape index (κ3) is 8.38. The van der Waals surface area contributed by atoms with E-state index in [1.54, 1.807) is 20.8 Å². The number of benzene rings is 1. The fourth-order valence-electron chi connectivity index (χ4n) is 2.91. The third-order valence-corrected chi connectivity index (χ3v) is 4.43. The number of nitro groups is 1. The molecule has 0 aliphatic rings. The van der Waals surface area contributed by atoms with Crippen LogP contribution in [0.15, 0.2) is 35.3 Å². The summed E-state index contributed by atoms with van der Waals surface area (Å²) in [5.41, 5.74) is -1.63. The number of carbonyl (C=O) groups is 3. The fourth-order valence-corrected chi connectivity index (χ4v) is 2.91. The Balaban J connectivity index is 2.13. The van der Waals surface area contributed by atoms with Crippen molar-refractivity contribution < 1.29 is 33.9 Å². The number of amides is 2. The number of nitro benzene ring substituents is 1. The van der Waals surface area contributed by atoms with Gasteiger partial charge in [0, 0.05) is 30.9 Å². The highest BCUT2D eigenvalue weighted by atomic mass is 16.6. The van der Waals surface area contributed by atoms with Gasteiger partial charge < -0.3 is 24.8 Å². The van der Waals surface area contributed by atoms with Crippen LogP contribution in [0.3, 0.4) is 0 Å². The first kappa shape index (κ1) is 27.8. The Morgan fingerprint density at radius 1 is 1.25 bits per heavy atom. The molecule has 0 saturated heterocycles. The van der Waals surface area contributed by atoms with E-state index in [9.17, 15) is 29.3 Å². The predicted molar refractivity (Wildman–Crippen MR) is 125 cm³/mol. The van der Waals surface area contributed by atoms with E-state index in [1.807, 2.05) is 0 Å². The van der Waals surface area contributed by atoms with Crippen LogP contribution in [0, 0.1) is 17.0 Å². The second-order valence-corrected chi connectivity index (χ2v) is 8.60. The number of hydrogen-bond acceptors (Lipinski definition) is 9. The van der Waals surface area contributed by atoms with Gasteiger partial charge in [-0.2, -0.15) is 4.98 Å². The van der Waals surface area contributed by atoms with Gasteiger partial charge in [0.1, 0.15) is 18.7 Å². The van der Waals surface area contributed by atoms with Crippen LogP contribution in [0.1, 0.15) is 26.3 Å². The number of rotatable bonds is 10. The van der Waals surface area contributed by atoms with E-state index < -0.39 is 47.3 Å². The van der Waals surface area contributed by atoms with Gasteiger partial charge in [-0.15, -0.1) is 0 Å². The highest BCUT2D eigenvalue weighted by Crippen LogP contribution is 2.30. The summed E-state index contributed by atoms with van der Waals surface area (Å²) in [4.78, 5) is 63.5. The minimum absolute atomic E-state index is 0.0806. The lowest BCUT2D eigenvalue weighted by atomic mass is 10.2. The summed E-state index contributed by atoms with van der Waals surface area (Å²) >= 11 is 0. The molecule has 1 aromatic carbocycles. The quantitative estimate of drug-likeness (QED) is 0.356. The Kier molecular flexibility index (Phi) is 9.07. The second-order valence-electron chi connectivity index (χ2n) is 8.60. The smallest absolute Gasteiger partial charge is 0.407 e. The van der Waals surface area contributed by atoms with Crippen LogP contribution in [0.2, 0.25) is 0 Å². The largest absolute Gasteiger partial charge is 0.480 e. The number of nitrogens with one attached hydrogen (secondary N) is 1. The normalized spacial score (nSPS) is 10.9. The van der Waals surface area contributed by atoms with Gasteiger partial charge in [0.25, 0.3) is 0 Å². The minimum atomic E-state index is -1.28. The number of aryl methyl sites for hydroxylation is 1. The molecular formula is C22H27N5O9. The van der Waals surface area contributed by atoms with Gasteiger partial charge in [-0.3, -0.25) is 24.3 Å². The fraction of sp³-hybridized carbons (Fsp3) is 0.409. The zero-order chi connectivity index (χ0) is 27.0. The second kappa shape index (κ2) is 11.8. The van der Waals surface area contributed by atoms with Crippen LogP contribution in [0.5, 0.6) is 11.6 Å². The molecule has 2 aromatic rings. The van der Waals surface area contributed by atoms with Crippen LogP contribution in [0.25, 0.3) is 0 Å². The van der Waals surface area contributed by atoms with Crippen LogP contribution in [-0.2, 0) is 20.9 Å². The summed E-state index contributed by atoms with van der Waals surface area (Å²) in [5.74, 6) is -2.28. The molecule has 0 unspecified atom stereocenters. The molecular weight excluding hydrogens is 478 g/mol. The van der Waals surface area contributed by atoms with Crippen molar-refractivity contribution >= 4 is 23.7 Å². The average molecular weight is 505 g/mol. The van der Waals surface area contributed by atoms with Gasteiger partial charge in [-0.1, -0.05) is 12.1 Å². The van der Waals surface area contributed by atoms with Crippen LogP contribution in [-0.4, -0.2) is 67.7 Å². The summed E-state index contributed by atoms with van der Waals surface area (Å²) in [6, 6.07) is 5.57. The van der Waals surface area contributed by atoms with Gasteiger partial charge in [0.2, 0.25) is 17.5 Å². The van der Waals surface area contributed by atoms with Crippen LogP contribution in [0.4, 0.5) is 10.5 Å². The van der Waals surface area contributed by atoms with Crippen molar-refractivity contribution in [3.63, 3.8) is 0 Å². The monoisotopic (exact) mass is 505 g/mol. The number of ether oxygens (including phenoxy) is 2.